The number of amides is 1. The minimum Gasteiger partial charge on any atom is -0.371 e. The molecule has 0 atom stereocenters. The lowest BCUT2D eigenvalue weighted by Gasteiger charge is -2.34. The molecule has 0 radical (unpaired) electrons. The monoisotopic (exact) mass is 289 g/mol. The number of para-hydroxylation sites is 1. The van der Waals surface area contributed by atoms with Gasteiger partial charge in [0.1, 0.15) is 0 Å². The van der Waals surface area contributed by atoms with Crippen LogP contribution < -0.4 is 15.5 Å². The van der Waals surface area contributed by atoms with Crippen molar-refractivity contribution in [2.45, 2.75) is 45.2 Å². The first-order valence-corrected chi connectivity index (χ1v) is 7.98. The molecule has 2 N–H and O–H groups in total. The smallest absolute Gasteiger partial charge is 0.221 e. The molecule has 1 saturated heterocycles. The standard InChI is InChI=1S/C17H27N3O/c1-14(2)19-17(21)8-11-18-15-9-12-20(13-10-15)16-6-4-3-5-7-16/h3-7,14-15,18H,8-13H2,1-2H3,(H,19,21). The summed E-state index contributed by atoms with van der Waals surface area (Å²) >= 11 is 0. The molecule has 1 heterocycles. The van der Waals surface area contributed by atoms with Crippen molar-refractivity contribution in [2.24, 2.45) is 0 Å². The molecule has 1 amide bonds. The minimum atomic E-state index is 0.138. The SMILES string of the molecule is CC(C)NC(=O)CCNC1CCN(c2ccccc2)CC1. The van der Waals surface area contributed by atoms with Crippen LogP contribution >= 0.6 is 0 Å². The highest BCUT2D eigenvalue weighted by molar-refractivity contribution is 5.76. The van der Waals surface area contributed by atoms with Gasteiger partial charge >= 0.3 is 0 Å². The molecular formula is C17H27N3O. The van der Waals surface area contributed by atoms with E-state index in [2.05, 4.69) is 45.9 Å². The highest BCUT2D eigenvalue weighted by Crippen LogP contribution is 2.19. The Hall–Kier alpha value is -1.55. The van der Waals surface area contributed by atoms with Crippen LogP contribution in [0.15, 0.2) is 30.3 Å². The third-order valence-electron chi connectivity index (χ3n) is 3.85. The molecule has 116 valence electrons. The van der Waals surface area contributed by atoms with Crippen LogP contribution in [0.1, 0.15) is 33.1 Å². The number of hydrogen-bond acceptors (Lipinski definition) is 3. The van der Waals surface area contributed by atoms with E-state index in [0.717, 1.165) is 32.5 Å². The van der Waals surface area contributed by atoms with E-state index in [0.29, 0.717) is 12.5 Å². The van der Waals surface area contributed by atoms with Gasteiger partial charge in [-0.15, -0.1) is 0 Å². The van der Waals surface area contributed by atoms with Gasteiger partial charge in [-0.2, -0.15) is 0 Å². The third-order valence-corrected chi connectivity index (χ3v) is 3.85. The van der Waals surface area contributed by atoms with Gasteiger partial charge in [0, 0.05) is 43.8 Å². The zero-order valence-electron chi connectivity index (χ0n) is 13.1. The second kappa shape index (κ2) is 8.03. The van der Waals surface area contributed by atoms with Crippen molar-refractivity contribution < 1.29 is 4.79 Å². The molecule has 2 rings (SSSR count). The summed E-state index contributed by atoms with van der Waals surface area (Å²) in [4.78, 5) is 14.0. The fourth-order valence-electron chi connectivity index (χ4n) is 2.76. The van der Waals surface area contributed by atoms with Gasteiger partial charge in [0.2, 0.25) is 5.91 Å². The predicted molar refractivity (Wildman–Crippen MR) is 87.6 cm³/mol. The highest BCUT2D eigenvalue weighted by atomic mass is 16.1. The molecule has 0 unspecified atom stereocenters. The largest absolute Gasteiger partial charge is 0.371 e. The van der Waals surface area contributed by atoms with Crippen molar-refractivity contribution in [3.05, 3.63) is 30.3 Å². The summed E-state index contributed by atoms with van der Waals surface area (Å²) in [5.74, 6) is 0.138. The van der Waals surface area contributed by atoms with Gasteiger partial charge in [-0.25, -0.2) is 0 Å². The van der Waals surface area contributed by atoms with Crippen LogP contribution in [0.25, 0.3) is 0 Å². The van der Waals surface area contributed by atoms with E-state index in [4.69, 9.17) is 0 Å². The summed E-state index contributed by atoms with van der Waals surface area (Å²) < 4.78 is 0. The number of benzene rings is 1. The summed E-state index contributed by atoms with van der Waals surface area (Å²) in [6.07, 6.45) is 2.85. The lowest BCUT2D eigenvalue weighted by molar-refractivity contribution is -0.121. The van der Waals surface area contributed by atoms with Crippen LogP contribution in [0.5, 0.6) is 0 Å². The Balaban J connectivity index is 1.64. The number of anilines is 1. The minimum absolute atomic E-state index is 0.138. The molecule has 4 nitrogen and oxygen atoms in total. The number of carbonyl (C=O) groups excluding carboxylic acids is 1. The fraction of sp³-hybridized carbons (Fsp3) is 0.588. The average molecular weight is 289 g/mol. The maximum atomic E-state index is 11.6. The Kier molecular flexibility index (Phi) is 6.05. The lowest BCUT2D eigenvalue weighted by atomic mass is 10.0. The number of rotatable bonds is 6. The molecule has 1 aromatic rings. The van der Waals surface area contributed by atoms with E-state index in [1.807, 2.05) is 13.8 Å². The van der Waals surface area contributed by atoms with Gasteiger partial charge in [-0.1, -0.05) is 18.2 Å². The van der Waals surface area contributed by atoms with E-state index < -0.39 is 0 Å². The summed E-state index contributed by atoms with van der Waals surface area (Å²) in [7, 11) is 0. The van der Waals surface area contributed by atoms with Gasteiger partial charge in [-0.3, -0.25) is 4.79 Å². The van der Waals surface area contributed by atoms with Gasteiger partial charge in [0.05, 0.1) is 0 Å². The van der Waals surface area contributed by atoms with Crippen molar-refractivity contribution >= 4 is 11.6 Å². The summed E-state index contributed by atoms with van der Waals surface area (Å²) in [5, 5.41) is 6.43. The van der Waals surface area contributed by atoms with Crippen molar-refractivity contribution in [3.63, 3.8) is 0 Å². The lowest BCUT2D eigenvalue weighted by Crippen LogP contribution is -2.43. The topological polar surface area (TPSA) is 44.4 Å². The number of nitrogens with one attached hydrogen (secondary N) is 2. The molecule has 21 heavy (non-hydrogen) atoms. The van der Waals surface area contributed by atoms with E-state index in [1.54, 1.807) is 0 Å². The predicted octanol–water partition coefficient (Wildman–Crippen LogP) is 2.16. The molecule has 1 aliphatic heterocycles. The molecule has 0 saturated carbocycles. The van der Waals surface area contributed by atoms with Crippen molar-refractivity contribution in [2.75, 3.05) is 24.5 Å². The molecule has 1 aliphatic rings. The third kappa shape index (κ3) is 5.38. The zero-order valence-corrected chi connectivity index (χ0v) is 13.1. The number of carbonyl (C=O) groups is 1. The first-order valence-electron chi connectivity index (χ1n) is 7.98. The second-order valence-corrected chi connectivity index (χ2v) is 6.02. The number of piperidine rings is 1. The van der Waals surface area contributed by atoms with Crippen LogP contribution in [0.2, 0.25) is 0 Å². The molecule has 0 spiro atoms. The fourth-order valence-corrected chi connectivity index (χ4v) is 2.76. The van der Waals surface area contributed by atoms with Crippen molar-refractivity contribution in [3.8, 4) is 0 Å². The highest BCUT2D eigenvalue weighted by Gasteiger charge is 2.18. The van der Waals surface area contributed by atoms with E-state index in [9.17, 15) is 4.79 Å². The molecule has 0 aliphatic carbocycles. The molecular weight excluding hydrogens is 262 g/mol. The van der Waals surface area contributed by atoms with Crippen LogP contribution in [0.4, 0.5) is 5.69 Å². The van der Waals surface area contributed by atoms with Crippen LogP contribution in [0, 0.1) is 0 Å². The Morgan fingerprint density at radius 1 is 1.24 bits per heavy atom. The van der Waals surface area contributed by atoms with E-state index in [-0.39, 0.29) is 11.9 Å². The Morgan fingerprint density at radius 2 is 1.90 bits per heavy atom. The quantitative estimate of drug-likeness (QED) is 0.843. The first kappa shape index (κ1) is 15.8. The summed E-state index contributed by atoms with van der Waals surface area (Å²) in [5.41, 5.74) is 1.31. The number of nitrogens with zero attached hydrogens (tertiary/aromatic N) is 1. The van der Waals surface area contributed by atoms with Gasteiger partial charge in [0.15, 0.2) is 0 Å². The van der Waals surface area contributed by atoms with E-state index >= 15 is 0 Å². The molecule has 4 heteroatoms. The van der Waals surface area contributed by atoms with Crippen molar-refractivity contribution in [1.82, 2.24) is 10.6 Å². The molecule has 0 aromatic heterocycles. The zero-order chi connectivity index (χ0) is 15.1. The van der Waals surface area contributed by atoms with Gasteiger partial charge < -0.3 is 15.5 Å². The van der Waals surface area contributed by atoms with Gasteiger partial charge in [0.25, 0.3) is 0 Å². The Morgan fingerprint density at radius 3 is 2.52 bits per heavy atom. The van der Waals surface area contributed by atoms with E-state index in [1.165, 1.54) is 5.69 Å². The first-order chi connectivity index (χ1) is 10.1. The summed E-state index contributed by atoms with van der Waals surface area (Å²) in [6, 6.07) is 11.3. The Labute approximate surface area is 127 Å². The Bertz CT molecular complexity index is 425. The van der Waals surface area contributed by atoms with Gasteiger partial charge in [-0.05, 0) is 38.8 Å². The summed E-state index contributed by atoms with van der Waals surface area (Å²) in [6.45, 7) is 6.92. The molecule has 1 fully saturated rings. The average Bonchev–Trinajstić information content (AvgIpc) is 2.48. The molecule has 0 bridgehead atoms. The second-order valence-electron chi connectivity index (χ2n) is 6.02. The van der Waals surface area contributed by atoms with Crippen molar-refractivity contribution in [1.29, 1.82) is 0 Å². The van der Waals surface area contributed by atoms with Crippen LogP contribution in [-0.2, 0) is 4.79 Å². The van der Waals surface area contributed by atoms with Crippen LogP contribution in [0.3, 0.4) is 0 Å². The van der Waals surface area contributed by atoms with Crippen LogP contribution in [-0.4, -0.2) is 37.6 Å². The maximum absolute atomic E-state index is 11.6. The normalized spacial score (nSPS) is 16.2. The molecule has 1 aromatic carbocycles. The number of hydrogen-bond donors (Lipinski definition) is 2. The maximum Gasteiger partial charge on any atom is 0.221 e.